The molecule has 0 aliphatic carbocycles. The highest BCUT2D eigenvalue weighted by atomic mass is 32.2. The Labute approximate surface area is 114 Å². The summed E-state index contributed by atoms with van der Waals surface area (Å²) in [6.07, 6.45) is 4.03. The van der Waals surface area contributed by atoms with Crippen LogP contribution < -0.4 is 5.32 Å². The minimum atomic E-state index is -1.15. The van der Waals surface area contributed by atoms with Gasteiger partial charge in [-0.1, -0.05) is 0 Å². The summed E-state index contributed by atoms with van der Waals surface area (Å²) >= 11 is 1.76. The zero-order valence-corrected chi connectivity index (χ0v) is 11.4. The maximum Gasteiger partial charge on any atom is 0.305 e. The number of rotatable bonds is 8. The molecule has 0 bridgehead atoms. The number of hydrogen-bond acceptors (Lipinski definition) is 4. The largest absolute Gasteiger partial charge is 0.313 e. The molecule has 0 spiro atoms. The van der Waals surface area contributed by atoms with Gasteiger partial charge in [0, 0.05) is 24.2 Å². The molecule has 0 aromatic heterocycles. The summed E-state index contributed by atoms with van der Waals surface area (Å²) in [5, 5.41) is 13.5. The second-order valence-corrected chi connectivity index (χ2v) is 5.01. The summed E-state index contributed by atoms with van der Waals surface area (Å²) in [4.78, 5) is 9.70. The van der Waals surface area contributed by atoms with E-state index in [9.17, 15) is 18.9 Å². The Kier molecular flexibility index (Phi) is 6.72. The smallest absolute Gasteiger partial charge is 0.305 e. The summed E-state index contributed by atoms with van der Waals surface area (Å²) in [6, 6.07) is 1.50. The fraction of sp³-hybridized carbons (Fsp3) is 0.500. The molecule has 0 atom stereocenters. The Morgan fingerprint density at radius 2 is 2.05 bits per heavy atom. The van der Waals surface area contributed by atoms with Crippen LogP contribution in [0, 0.1) is 21.7 Å². The quantitative estimate of drug-likeness (QED) is 0.454. The third kappa shape index (κ3) is 5.12. The summed E-state index contributed by atoms with van der Waals surface area (Å²) in [6.45, 7) is 0.859. The van der Waals surface area contributed by atoms with Crippen molar-refractivity contribution in [2.45, 2.75) is 19.4 Å². The Balaban J connectivity index is 2.53. The van der Waals surface area contributed by atoms with Gasteiger partial charge in [0.05, 0.1) is 4.92 Å². The SMILES string of the molecule is CSCCCCNCc1cc([N+](=O)[O-])c(F)cc1F. The topological polar surface area (TPSA) is 55.2 Å². The standard InChI is InChI=1S/C12H16F2N2O2S/c1-19-5-3-2-4-15-8-9-6-12(16(17)18)11(14)7-10(9)13/h6-7,15H,2-5,8H2,1H3. The Bertz CT molecular complexity index is 444. The lowest BCUT2D eigenvalue weighted by Crippen LogP contribution is -2.16. The fourth-order valence-electron chi connectivity index (χ4n) is 1.58. The van der Waals surface area contributed by atoms with Crippen molar-refractivity contribution in [3.63, 3.8) is 0 Å². The molecule has 0 saturated heterocycles. The number of benzene rings is 1. The first-order valence-corrected chi connectivity index (χ1v) is 7.27. The average Bonchev–Trinajstić information content (AvgIpc) is 2.35. The lowest BCUT2D eigenvalue weighted by Gasteiger charge is -2.06. The second kappa shape index (κ2) is 8.06. The van der Waals surface area contributed by atoms with E-state index in [0.29, 0.717) is 12.6 Å². The Hall–Kier alpha value is -1.21. The average molecular weight is 290 g/mol. The first-order chi connectivity index (χ1) is 9.06. The molecule has 0 radical (unpaired) electrons. The number of nitrogens with zero attached hydrogens (tertiary/aromatic N) is 1. The molecule has 1 N–H and O–H groups in total. The van der Waals surface area contributed by atoms with Crippen molar-refractivity contribution in [3.8, 4) is 0 Å². The molecule has 106 valence electrons. The first kappa shape index (κ1) is 15.8. The van der Waals surface area contributed by atoms with E-state index in [0.717, 1.165) is 24.7 Å². The third-order valence-corrected chi connectivity index (χ3v) is 3.28. The predicted octanol–water partition coefficient (Wildman–Crippen LogP) is 3.11. The van der Waals surface area contributed by atoms with E-state index < -0.39 is 22.2 Å². The van der Waals surface area contributed by atoms with Crippen LogP contribution in [-0.2, 0) is 6.54 Å². The van der Waals surface area contributed by atoms with E-state index in [4.69, 9.17) is 0 Å². The molecular weight excluding hydrogens is 274 g/mol. The van der Waals surface area contributed by atoms with E-state index in [1.54, 1.807) is 11.8 Å². The van der Waals surface area contributed by atoms with Crippen LogP contribution in [0.15, 0.2) is 12.1 Å². The Morgan fingerprint density at radius 3 is 2.68 bits per heavy atom. The van der Waals surface area contributed by atoms with Crippen LogP contribution in [0.1, 0.15) is 18.4 Å². The van der Waals surface area contributed by atoms with Crippen LogP contribution >= 0.6 is 11.8 Å². The molecule has 4 nitrogen and oxygen atoms in total. The first-order valence-electron chi connectivity index (χ1n) is 5.88. The lowest BCUT2D eigenvalue weighted by atomic mass is 10.1. The number of unbranched alkanes of at least 4 members (excludes halogenated alkanes) is 1. The van der Waals surface area contributed by atoms with Crippen molar-refractivity contribution >= 4 is 17.4 Å². The van der Waals surface area contributed by atoms with E-state index in [2.05, 4.69) is 5.32 Å². The van der Waals surface area contributed by atoms with Crippen LogP contribution in [0.3, 0.4) is 0 Å². The molecule has 1 rings (SSSR count). The van der Waals surface area contributed by atoms with Gasteiger partial charge in [0.1, 0.15) is 5.82 Å². The molecule has 19 heavy (non-hydrogen) atoms. The van der Waals surface area contributed by atoms with Gasteiger partial charge >= 0.3 is 5.69 Å². The molecule has 0 fully saturated rings. The van der Waals surface area contributed by atoms with Gasteiger partial charge < -0.3 is 5.32 Å². The van der Waals surface area contributed by atoms with Crippen molar-refractivity contribution in [1.82, 2.24) is 5.32 Å². The minimum absolute atomic E-state index is 0.109. The van der Waals surface area contributed by atoms with Crippen molar-refractivity contribution in [1.29, 1.82) is 0 Å². The third-order valence-electron chi connectivity index (χ3n) is 2.58. The van der Waals surface area contributed by atoms with Gasteiger partial charge in [0.2, 0.25) is 5.82 Å². The van der Waals surface area contributed by atoms with Gasteiger partial charge in [-0.2, -0.15) is 16.2 Å². The number of nitro benzene ring substituents is 1. The monoisotopic (exact) mass is 290 g/mol. The zero-order chi connectivity index (χ0) is 14.3. The molecule has 1 aromatic rings. The molecule has 0 aliphatic rings. The van der Waals surface area contributed by atoms with E-state index >= 15 is 0 Å². The molecular formula is C12H16F2N2O2S. The highest BCUT2D eigenvalue weighted by Gasteiger charge is 2.17. The van der Waals surface area contributed by atoms with Crippen molar-refractivity contribution < 1.29 is 13.7 Å². The van der Waals surface area contributed by atoms with Gasteiger partial charge in [0.25, 0.3) is 0 Å². The predicted molar refractivity (Wildman–Crippen MR) is 72.3 cm³/mol. The van der Waals surface area contributed by atoms with Crippen LogP contribution in [0.25, 0.3) is 0 Å². The van der Waals surface area contributed by atoms with Crippen molar-refractivity contribution in [3.05, 3.63) is 39.4 Å². The highest BCUT2D eigenvalue weighted by molar-refractivity contribution is 7.98. The molecule has 0 unspecified atom stereocenters. The highest BCUT2D eigenvalue weighted by Crippen LogP contribution is 2.21. The minimum Gasteiger partial charge on any atom is -0.313 e. The molecule has 0 heterocycles. The van der Waals surface area contributed by atoms with Crippen LogP contribution in [-0.4, -0.2) is 23.5 Å². The number of hydrogen-bond donors (Lipinski definition) is 1. The zero-order valence-electron chi connectivity index (χ0n) is 10.6. The number of halogens is 2. The van der Waals surface area contributed by atoms with Gasteiger partial charge in [-0.05, 0) is 31.4 Å². The lowest BCUT2D eigenvalue weighted by molar-refractivity contribution is -0.387. The summed E-state index contributed by atoms with van der Waals surface area (Å²) < 4.78 is 26.5. The molecule has 0 saturated carbocycles. The van der Waals surface area contributed by atoms with E-state index in [1.165, 1.54) is 0 Å². The fourth-order valence-corrected chi connectivity index (χ4v) is 2.07. The maximum atomic E-state index is 13.4. The number of nitro groups is 1. The summed E-state index contributed by atoms with van der Waals surface area (Å²) in [7, 11) is 0. The number of thioether (sulfide) groups is 1. The normalized spacial score (nSPS) is 10.7. The molecule has 1 aromatic carbocycles. The summed E-state index contributed by atoms with van der Waals surface area (Å²) in [5.41, 5.74) is -0.585. The molecule has 0 amide bonds. The van der Waals surface area contributed by atoms with Crippen LogP contribution in [0.2, 0.25) is 0 Å². The number of nitrogens with one attached hydrogen (secondary N) is 1. The van der Waals surface area contributed by atoms with Crippen LogP contribution in [0.5, 0.6) is 0 Å². The maximum absolute atomic E-state index is 13.4. The van der Waals surface area contributed by atoms with Gasteiger partial charge in [0.15, 0.2) is 0 Å². The van der Waals surface area contributed by atoms with Crippen molar-refractivity contribution in [2.24, 2.45) is 0 Å². The molecule has 0 aliphatic heterocycles. The summed E-state index contributed by atoms with van der Waals surface area (Å²) in [5.74, 6) is -0.844. The van der Waals surface area contributed by atoms with Crippen LogP contribution in [0.4, 0.5) is 14.5 Å². The Morgan fingerprint density at radius 1 is 1.32 bits per heavy atom. The second-order valence-electron chi connectivity index (χ2n) is 4.03. The van der Waals surface area contributed by atoms with Gasteiger partial charge in [-0.3, -0.25) is 10.1 Å². The van der Waals surface area contributed by atoms with E-state index in [-0.39, 0.29) is 12.1 Å². The van der Waals surface area contributed by atoms with E-state index in [1.807, 2.05) is 6.26 Å². The molecule has 7 heteroatoms. The van der Waals surface area contributed by atoms with Crippen molar-refractivity contribution in [2.75, 3.05) is 18.6 Å². The van der Waals surface area contributed by atoms with Gasteiger partial charge in [-0.15, -0.1) is 0 Å². The van der Waals surface area contributed by atoms with Gasteiger partial charge in [-0.25, -0.2) is 4.39 Å².